The number of hydrogen-bond donors (Lipinski definition) is 3. The van der Waals surface area contributed by atoms with Crippen molar-refractivity contribution >= 4 is 57.2 Å². The molecule has 0 bridgehead atoms. The van der Waals surface area contributed by atoms with E-state index in [0.717, 1.165) is 36.8 Å². The molecule has 206 valence electrons. The van der Waals surface area contributed by atoms with E-state index in [0.29, 0.717) is 39.5 Å². The highest BCUT2D eigenvalue weighted by Crippen LogP contribution is 2.39. The number of carbonyl (C=O) groups is 3. The number of aromatic nitrogens is 3. The largest absolute Gasteiger partial charge is 0.326 e. The van der Waals surface area contributed by atoms with Crippen LogP contribution in [0.4, 0.5) is 16.4 Å². The number of benzene rings is 2. The molecular formula is C29H30N6O3S2. The van der Waals surface area contributed by atoms with E-state index < -0.39 is 0 Å². The third kappa shape index (κ3) is 6.26. The Labute approximate surface area is 240 Å². The maximum atomic E-state index is 13.3. The Morgan fingerprint density at radius 1 is 0.950 bits per heavy atom. The first-order valence-corrected chi connectivity index (χ1v) is 15.0. The first-order valence-electron chi connectivity index (χ1n) is 13.2. The van der Waals surface area contributed by atoms with E-state index in [-0.39, 0.29) is 23.5 Å². The minimum absolute atomic E-state index is 0.117. The molecule has 3 N–H and O–H groups in total. The van der Waals surface area contributed by atoms with E-state index in [1.54, 1.807) is 0 Å². The number of carbonyl (C=O) groups excluding carboxylic acids is 3. The Kier molecular flexibility index (Phi) is 8.61. The zero-order valence-corrected chi connectivity index (χ0v) is 24.0. The van der Waals surface area contributed by atoms with Crippen molar-refractivity contribution in [2.75, 3.05) is 21.7 Å². The number of thiophene rings is 1. The molecule has 40 heavy (non-hydrogen) atoms. The molecule has 0 fully saturated rings. The van der Waals surface area contributed by atoms with Crippen molar-refractivity contribution in [1.82, 2.24) is 14.8 Å². The highest BCUT2D eigenvalue weighted by Gasteiger charge is 2.27. The summed E-state index contributed by atoms with van der Waals surface area (Å²) in [5.41, 5.74) is 3.82. The van der Waals surface area contributed by atoms with Crippen LogP contribution in [0.25, 0.3) is 11.4 Å². The molecule has 9 nitrogen and oxygen atoms in total. The summed E-state index contributed by atoms with van der Waals surface area (Å²) in [6.07, 6.45) is 3.86. The van der Waals surface area contributed by atoms with E-state index in [9.17, 15) is 14.4 Å². The number of amides is 3. The zero-order valence-electron chi connectivity index (χ0n) is 22.3. The van der Waals surface area contributed by atoms with Gasteiger partial charge in [0.2, 0.25) is 11.8 Å². The second-order valence-corrected chi connectivity index (χ2v) is 11.4. The minimum Gasteiger partial charge on any atom is -0.326 e. The number of rotatable bonds is 9. The maximum Gasteiger partial charge on any atom is 0.258 e. The monoisotopic (exact) mass is 574 g/mol. The Hall–Kier alpha value is -3.96. The molecule has 0 aliphatic heterocycles. The molecule has 4 aromatic rings. The van der Waals surface area contributed by atoms with Crippen LogP contribution in [0, 0.1) is 0 Å². The lowest BCUT2D eigenvalue weighted by molar-refractivity contribution is -0.114. The fourth-order valence-electron chi connectivity index (χ4n) is 4.74. The van der Waals surface area contributed by atoms with Gasteiger partial charge in [-0.05, 0) is 62.4 Å². The van der Waals surface area contributed by atoms with Crippen LogP contribution in [0.2, 0.25) is 0 Å². The summed E-state index contributed by atoms with van der Waals surface area (Å²) in [4.78, 5) is 39.1. The number of anilines is 3. The molecule has 2 aromatic heterocycles. The van der Waals surface area contributed by atoms with Gasteiger partial charge in [-0.2, -0.15) is 0 Å². The minimum atomic E-state index is -0.211. The van der Waals surface area contributed by atoms with Gasteiger partial charge >= 0.3 is 0 Å². The zero-order chi connectivity index (χ0) is 28.1. The van der Waals surface area contributed by atoms with Crippen LogP contribution in [0.15, 0.2) is 59.8 Å². The summed E-state index contributed by atoms with van der Waals surface area (Å²) in [5, 5.41) is 18.7. The molecule has 2 aromatic carbocycles. The molecular weight excluding hydrogens is 544 g/mol. The van der Waals surface area contributed by atoms with Crippen LogP contribution in [-0.4, -0.2) is 38.2 Å². The van der Waals surface area contributed by atoms with Crippen LogP contribution in [-0.2, 0) is 29.0 Å². The maximum absolute atomic E-state index is 13.3. The molecule has 2 heterocycles. The van der Waals surface area contributed by atoms with Crippen molar-refractivity contribution in [1.29, 1.82) is 0 Å². The second-order valence-electron chi connectivity index (χ2n) is 9.38. The van der Waals surface area contributed by atoms with Crippen molar-refractivity contribution in [3.8, 4) is 11.4 Å². The second kappa shape index (κ2) is 12.5. The Bertz CT molecular complexity index is 1550. The van der Waals surface area contributed by atoms with Gasteiger partial charge < -0.3 is 20.5 Å². The molecule has 0 saturated carbocycles. The Balaban J connectivity index is 1.30. The van der Waals surface area contributed by atoms with Gasteiger partial charge in [-0.25, -0.2) is 0 Å². The van der Waals surface area contributed by atoms with E-state index in [1.165, 1.54) is 34.9 Å². The van der Waals surface area contributed by atoms with Crippen molar-refractivity contribution in [3.05, 3.63) is 70.6 Å². The Morgan fingerprint density at radius 3 is 2.50 bits per heavy atom. The van der Waals surface area contributed by atoms with Gasteiger partial charge in [0.05, 0.1) is 11.3 Å². The van der Waals surface area contributed by atoms with Crippen LogP contribution < -0.4 is 16.0 Å². The summed E-state index contributed by atoms with van der Waals surface area (Å²) < 4.78 is 1.94. The first-order chi connectivity index (χ1) is 19.4. The van der Waals surface area contributed by atoms with Gasteiger partial charge in [-0.1, -0.05) is 42.1 Å². The van der Waals surface area contributed by atoms with Crippen LogP contribution in [0.5, 0.6) is 0 Å². The lowest BCUT2D eigenvalue weighted by Gasteiger charge is -2.13. The molecule has 0 atom stereocenters. The summed E-state index contributed by atoms with van der Waals surface area (Å²) in [6.45, 7) is 4.06. The summed E-state index contributed by atoms with van der Waals surface area (Å²) in [7, 11) is 0. The Morgan fingerprint density at radius 2 is 1.73 bits per heavy atom. The summed E-state index contributed by atoms with van der Waals surface area (Å²) in [6, 6.07) is 16.8. The highest BCUT2D eigenvalue weighted by atomic mass is 32.2. The van der Waals surface area contributed by atoms with Gasteiger partial charge in [0.25, 0.3) is 5.91 Å². The number of nitrogens with one attached hydrogen (secondary N) is 3. The van der Waals surface area contributed by atoms with Gasteiger partial charge in [0.15, 0.2) is 11.0 Å². The van der Waals surface area contributed by atoms with Crippen molar-refractivity contribution in [2.24, 2.45) is 0 Å². The summed E-state index contributed by atoms with van der Waals surface area (Å²) in [5.74, 6) is 0.210. The van der Waals surface area contributed by atoms with Gasteiger partial charge in [0, 0.05) is 35.3 Å². The quantitative estimate of drug-likeness (QED) is 0.216. The number of para-hydroxylation sites is 1. The van der Waals surface area contributed by atoms with Crippen LogP contribution in [0.3, 0.4) is 0 Å². The van der Waals surface area contributed by atoms with Crippen molar-refractivity contribution in [3.63, 3.8) is 0 Å². The van der Waals surface area contributed by atoms with Crippen molar-refractivity contribution < 1.29 is 14.4 Å². The fraction of sp³-hybridized carbons (Fsp3) is 0.276. The molecule has 0 spiro atoms. The highest BCUT2D eigenvalue weighted by molar-refractivity contribution is 7.99. The van der Waals surface area contributed by atoms with E-state index in [4.69, 9.17) is 0 Å². The number of fused-ring (bicyclic) bond motifs is 1. The molecule has 3 amide bonds. The van der Waals surface area contributed by atoms with Gasteiger partial charge in [-0.3, -0.25) is 14.4 Å². The molecule has 1 aliphatic carbocycles. The third-order valence-corrected chi connectivity index (χ3v) is 8.66. The topological polar surface area (TPSA) is 118 Å². The van der Waals surface area contributed by atoms with Gasteiger partial charge in [0.1, 0.15) is 5.00 Å². The summed E-state index contributed by atoms with van der Waals surface area (Å²) >= 11 is 2.79. The molecule has 0 saturated heterocycles. The van der Waals surface area contributed by atoms with Crippen LogP contribution in [0.1, 0.15) is 47.5 Å². The lowest BCUT2D eigenvalue weighted by Crippen LogP contribution is -2.19. The van der Waals surface area contributed by atoms with E-state index >= 15 is 0 Å². The average molecular weight is 575 g/mol. The molecule has 0 unspecified atom stereocenters. The van der Waals surface area contributed by atoms with Crippen LogP contribution >= 0.6 is 23.1 Å². The smallest absolute Gasteiger partial charge is 0.258 e. The van der Waals surface area contributed by atoms with Crippen molar-refractivity contribution in [2.45, 2.75) is 51.2 Å². The van der Waals surface area contributed by atoms with E-state index in [2.05, 4.69) is 26.1 Å². The predicted molar refractivity (Wildman–Crippen MR) is 160 cm³/mol. The lowest BCUT2D eigenvalue weighted by atomic mass is 9.95. The van der Waals surface area contributed by atoms with E-state index in [1.807, 2.05) is 66.1 Å². The normalized spacial score (nSPS) is 12.4. The third-order valence-electron chi connectivity index (χ3n) is 6.49. The molecule has 5 rings (SSSR count). The fourth-order valence-corrected chi connectivity index (χ4v) is 6.84. The molecule has 1 aliphatic rings. The average Bonchev–Trinajstić information content (AvgIpc) is 3.53. The number of thioether (sulfide) groups is 1. The molecule has 0 radical (unpaired) electrons. The van der Waals surface area contributed by atoms with Gasteiger partial charge in [-0.15, -0.1) is 21.5 Å². The predicted octanol–water partition coefficient (Wildman–Crippen LogP) is 5.85. The molecule has 11 heteroatoms. The number of nitrogens with zero attached hydrogens (tertiary/aromatic N) is 3. The first kappa shape index (κ1) is 27.6. The SMILES string of the molecule is CCn1c(SCC(=O)Nc2sc3c(c2C(=O)Nc2ccccc2)CCCC3)nnc1-c1cccc(NC(C)=O)c1. The number of hydrogen-bond acceptors (Lipinski definition) is 7. The number of aryl methyl sites for hydroxylation is 1. The standard InChI is InChI=1S/C29H30N6O3S2/c1-3-35-26(19-10-9-13-21(16-19)30-18(2)36)33-34-29(35)39-17-24(37)32-28-25(22-14-7-8-15-23(22)40-28)27(38)31-20-11-5-4-6-12-20/h4-6,9-13,16H,3,7-8,14-15,17H2,1-2H3,(H,30,36)(H,31,38)(H,32,37).